The molecule has 0 spiro atoms. The first-order chi connectivity index (χ1) is 10.8. The lowest BCUT2D eigenvalue weighted by atomic mass is 9.73. The van der Waals surface area contributed by atoms with E-state index in [-0.39, 0.29) is 6.42 Å². The molecule has 2 unspecified atom stereocenters. The average Bonchev–Trinajstić information content (AvgIpc) is 2.47. The van der Waals surface area contributed by atoms with Gasteiger partial charge in [0.1, 0.15) is 5.60 Å². The van der Waals surface area contributed by atoms with Crippen LogP contribution in [-0.2, 0) is 12.8 Å². The molecule has 0 amide bonds. The smallest absolute Gasteiger partial charge is 0.101 e. The third-order valence-electron chi connectivity index (χ3n) is 4.37. The van der Waals surface area contributed by atoms with Crippen molar-refractivity contribution in [2.45, 2.75) is 50.4 Å². The van der Waals surface area contributed by atoms with Gasteiger partial charge >= 0.3 is 0 Å². The van der Waals surface area contributed by atoms with Gasteiger partial charge in [0, 0.05) is 19.3 Å². The van der Waals surface area contributed by atoms with Crippen molar-refractivity contribution in [2.24, 2.45) is 0 Å². The van der Waals surface area contributed by atoms with E-state index >= 15 is 0 Å². The Balaban J connectivity index is 2.33. The first-order valence-electron chi connectivity index (χ1n) is 8.03. The highest BCUT2D eigenvalue weighted by Crippen LogP contribution is 2.33. The van der Waals surface area contributed by atoms with Gasteiger partial charge in [-0.3, -0.25) is 0 Å². The predicted octanol–water partition coefficient (Wildman–Crippen LogP) is 2.72. The molecule has 3 N–H and O–H groups in total. The van der Waals surface area contributed by atoms with Crippen LogP contribution < -0.4 is 0 Å². The molecule has 3 heteroatoms. The molecule has 3 nitrogen and oxygen atoms in total. The van der Waals surface area contributed by atoms with Gasteiger partial charge < -0.3 is 15.3 Å². The molecule has 0 saturated carbocycles. The summed E-state index contributed by atoms with van der Waals surface area (Å²) in [5.41, 5.74) is -0.867. The Hall–Kier alpha value is -1.68. The fourth-order valence-electron chi connectivity index (χ4n) is 3.08. The zero-order valence-electron chi connectivity index (χ0n) is 13.8. The molecule has 0 radical (unpaired) electrons. The Kier molecular flexibility index (Phi) is 5.58. The predicted molar refractivity (Wildman–Crippen MR) is 92.2 cm³/mol. The second-order valence-corrected chi connectivity index (χ2v) is 6.68. The quantitative estimate of drug-likeness (QED) is 0.736. The molecule has 0 heterocycles. The number of rotatable bonds is 7. The maximum atomic E-state index is 11.3. The van der Waals surface area contributed by atoms with Crippen molar-refractivity contribution in [3.8, 4) is 0 Å². The minimum atomic E-state index is -1.41. The van der Waals surface area contributed by atoms with E-state index in [0.717, 1.165) is 11.1 Å². The van der Waals surface area contributed by atoms with Crippen LogP contribution in [0.25, 0.3) is 0 Å². The molecule has 0 bridgehead atoms. The fourth-order valence-corrected chi connectivity index (χ4v) is 3.08. The fraction of sp³-hybridized carbons (Fsp3) is 0.400. The Morgan fingerprint density at radius 2 is 1.22 bits per heavy atom. The summed E-state index contributed by atoms with van der Waals surface area (Å²) in [5.74, 6) is 0. The van der Waals surface area contributed by atoms with Crippen molar-refractivity contribution < 1.29 is 15.3 Å². The van der Waals surface area contributed by atoms with Crippen LogP contribution in [-0.4, -0.2) is 32.6 Å². The summed E-state index contributed by atoms with van der Waals surface area (Å²) in [5, 5.41) is 32.0. The summed E-state index contributed by atoms with van der Waals surface area (Å²) in [6.45, 7) is 3.23. The van der Waals surface area contributed by atoms with Gasteiger partial charge in [-0.15, -0.1) is 0 Å². The Bertz CT molecular complexity index is 549. The first kappa shape index (κ1) is 17.7. The zero-order valence-corrected chi connectivity index (χ0v) is 13.8. The Morgan fingerprint density at radius 1 is 0.826 bits per heavy atom. The van der Waals surface area contributed by atoms with Gasteiger partial charge in [-0.05, 0) is 25.0 Å². The van der Waals surface area contributed by atoms with Crippen LogP contribution in [0.15, 0.2) is 60.7 Å². The number of hydrogen-bond donors (Lipinski definition) is 3. The summed E-state index contributed by atoms with van der Waals surface area (Å²) in [6, 6.07) is 19.3. The molecule has 2 rings (SSSR count). The van der Waals surface area contributed by atoms with Crippen LogP contribution in [0.3, 0.4) is 0 Å². The van der Waals surface area contributed by atoms with Crippen LogP contribution in [0, 0.1) is 0 Å². The average molecular weight is 314 g/mol. The number of benzene rings is 2. The lowest BCUT2D eigenvalue weighted by Gasteiger charge is -2.42. The second kappa shape index (κ2) is 7.26. The molecule has 0 aromatic heterocycles. The van der Waals surface area contributed by atoms with Gasteiger partial charge in [-0.2, -0.15) is 0 Å². The standard InChI is InChI=1S/C20H26O3/c1-16(21)13-19(2,22)20(23,14-17-9-5-3-6-10-17)15-18-11-7-4-8-12-18/h3-12,16,21-23H,13-15H2,1-2H3. The van der Waals surface area contributed by atoms with Gasteiger partial charge in [0.05, 0.1) is 11.7 Å². The monoisotopic (exact) mass is 314 g/mol. The van der Waals surface area contributed by atoms with Gasteiger partial charge in [-0.25, -0.2) is 0 Å². The maximum absolute atomic E-state index is 11.3. The molecular formula is C20H26O3. The van der Waals surface area contributed by atoms with E-state index in [4.69, 9.17) is 0 Å². The molecule has 0 fully saturated rings. The summed E-state index contributed by atoms with van der Waals surface area (Å²) in [6.07, 6.45) is 0.0664. The van der Waals surface area contributed by atoms with Crippen molar-refractivity contribution in [3.63, 3.8) is 0 Å². The van der Waals surface area contributed by atoms with E-state index in [1.54, 1.807) is 13.8 Å². The Morgan fingerprint density at radius 3 is 1.57 bits per heavy atom. The Labute approximate surface area is 138 Å². The van der Waals surface area contributed by atoms with Crippen LogP contribution in [0.1, 0.15) is 31.4 Å². The van der Waals surface area contributed by atoms with Crippen molar-refractivity contribution in [1.82, 2.24) is 0 Å². The molecule has 0 aliphatic rings. The third kappa shape index (κ3) is 4.64. The van der Waals surface area contributed by atoms with Crippen LogP contribution >= 0.6 is 0 Å². The van der Waals surface area contributed by atoms with Crippen molar-refractivity contribution >= 4 is 0 Å². The minimum absolute atomic E-state index is 0.114. The SMILES string of the molecule is CC(O)CC(C)(O)C(O)(Cc1ccccc1)Cc1ccccc1. The highest BCUT2D eigenvalue weighted by atomic mass is 16.4. The molecule has 2 aromatic rings. The van der Waals surface area contributed by atoms with E-state index < -0.39 is 17.3 Å². The largest absolute Gasteiger partial charge is 0.393 e. The van der Waals surface area contributed by atoms with E-state index in [2.05, 4.69) is 0 Å². The van der Waals surface area contributed by atoms with Crippen molar-refractivity contribution in [1.29, 1.82) is 0 Å². The lowest BCUT2D eigenvalue weighted by Crippen LogP contribution is -2.56. The summed E-state index contributed by atoms with van der Waals surface area (Å²) >= 11 is 0. The lowest BCUT2D eigenvalue weighted by molar-refractivity contribution is -0.155. The maximum Gasteiger partial charge on any atom is 0.101 e. The van der Waals surface area contributed by atoms with E-state index in [1.165, 1.54) is 0 Å². The highest BCUT2D eigenvalue weighted by molar-refractivity contribution is 5.24. The van der Waals surface area contributed by atoms with Crippen LogP contribution in [0.2, 0.25) is 0 Å². The van der Waals surface area contributed by atoms with E-state index in [0.29, 0.717) is 12.8 Å². The third-order valence-corrected chi connectivity index (χ3v) is 4.37. The molecule has 2 aromatic carbocycles. The number of aliphatic hydroxyl groups is 3. The van der Waals surface area contributed by atoms with E-state index in [1.807, 2.05) is 60.7 Å². The van der Waals surface area contributed by atoms with Crippen LogP contribution in [0.4, 0.5) is 0 Å². The van der Waals surface area contributed by atoms with Gasteiger partial charge in [0.2, 0.25) is 0 Å². The molecular weight excluding hydrogens is 288 g/mol. The highest BCUT2D eigenvalue weighted by Gasteiger charge is 2.46. The zero-order chi connectivity index (χ0) is 16.9. The second-order valence-electron chi connectivity index (χ2n) is 6.68. The van der Waals surface area contributed by atoms with Gasteiger partial charge in [0.25, 0.3) is 0 Å². The summed E-state index contributed by atoms with van der Waals surface area (Å²) in [7, 11) is 0. The molecule has 124 valence electrons. The summed E-state index contributed by atoms with van der Waals surface area (Å²) in [4.78, 5) is 0. The van der Waals surface area contributed by atoms with Gasteiger partial charge in [0.15, 0.2) is 0 Å². The van der Waals surface area contributed by atoms with Crippen molar-refractivity contribution in [2.75, 3.05) is 0 Å². The van der Waals surface area contributed by atoms with Gasteiger partial charge in [-0.1, -0.05) is 60.7 Å². The first-order valence-corrected chi connectivity index (χ1v) is 8.03. The molecule has 0 aliphatic heterocycles. The number of aliphatic hydroxyl groups excluding tert-OH is 1. The normalized spacial score (nSPS) is 15.9. The summed E-state index contributed by atoms with van der Waals surface area (Å²) < 4.78 is 0. The molecule has 0 saturated heterocycles. The number of hydrogen-bond acceptors (Lipinski definition) is 3. The molecule has 23 heavy (non-hydrogen) atoms. The minimum Gasteiger partial charge on any atom is -0.393 e. The molecule has 2 atom stereocenters. The van der Waals surface area contributed by atoms with Crippen LogP contribution in [0.5, 0.6) is 0 Å². The molecule has 0 aliphatic carbocycles. The topological polar surface area (TPSA) is 60.7 Å². The van der Waals surface area contributed by atoms with E-state index in [9.17, 15) is 15.3 Å². The van der Waals surface area contributed by atoms with Crippen molar-refractivity contribution in [3.05, 3.63) is 71.8 Å².